The van der Waals surface area contributed by atoms with Crippen LogP contribution in [0.3, 0.4) is 0 Å². The van der Waals surface area contributed by atoms with E-state index in [1.165, 1.54) is 12.1 Å². The van der Waals surface area contributed by atoms with Crippen molar-refractivity contribution < 1.29 is 19.4 Å². The Morgan fingerprint density at radius 3 is 2.56 bits per heavy atom. The maximum absolute atomic E-state index is 13.0. The number of hydrogen-bond acceptors (Lipinski definition) is 8. The summed E-state index contributed by atoms with van der Waals surface area (Å²) in [6.07, 6.45) is 0. The minimum atomic E-state index is -0.538. The highest BCUT2D eigenvalue weighted by molar-refractivity contribution is 6.06. The van der Waals surface area contributed by atoms with E-state index in [9.17, 15) is 15.0 Å². The van der Waals surface area contributed by atoms with Crippen LogP contribution in [0.4, 0.5) is 17.1 Å². The van der Waals surface area contributed by atoms with Crippen LogP contribution in [0, 0.1) is 0 Å². The zero-order chi connectivity index (χ0) is 22.2. The van der Waals surface area contributed by atoms with Crippen LogP contribution in [0.15, 0.2) is 69.9 Å². The average Bonchev–Trinajstić information content (AvgIpc) is 2.78. The van der Waals surface area contributed by atoms with Crippen molar-refractivity contribution in [3.63, 3.8) is 0 Å². The number of likely N-dealkylation sites (N-methyl/N-ethyl adjacent to an activating group) is 1. The van der Waals surface area contributed by atoms with E-state index in [2.05, 4.69) is 10.7 Å². The standard InChI is InChI=1S/C24H21N3O5/c1-25-10-11-31-17-6-2-14(3-7-17)27-23-19-9-5-16(29)13-21(19)32-24(30)22(23)18-8-4-15(28)12-20(18)26-27/h2-9,12-13,25-26,28-29H,10-11H2,1H3. The Kier molecular flexibility index (Phi) is 4.84. The minimum Gasteiger partial charge on any atom is -0.508 e. The summed E-state index contributed by atoms with van der Waals surface area (Å²) in [5.41, 5.74) is 5.93. The molecule has 1 aromatic heterocycles. The maximum Gasteiger partial charge on any atom is 0.346 e. The molecule has 4 N–H and O–H groups in total. The van der Waals surface area contributed by atoms with Gasteiger partial charge in [0.05, 0.1) is 22.6 Å². The summed E-state index contributed by atoms with van der Waals surface area (Å²) in [6, 6.07) is 16.9. The number of rotatable bonds is 5. The largest absolute Gasteiger partial charge is 0.508 e. The molecule has 1 aliphatic heterocycles. The molecule has 5 rings (SSSR count). The lowest BCUT2D eigenvalue weighted by atomic mass is 9.98. The second-order valence-electron chi connectivity index (χ2n) is 7.42. The molecule has 0 atom stereocenters. The smallest absolute Gasteiger partial charge is 0.346 e. The number of hydrogen-bond donors (Lipinski definition) is 4. The predicted molar refractivity (Wildman–Crippen MR) is 123 cm³/mol. The third kappa shape index (κ3) is 3.36. The molecular weight excluding hydrogens is 410 g/mol. The van der Waals surface area contributed by atoms with Crippen LogP contribution in [0.5, 0.6) is 17.2 Å². The number of phenolic OH excluding ortho intramolecular Hbond substituents is 2. The first kappa shape index (κ1) is 19.8. The second-order valence-corrected chi connectivity index (χ2v) is 7.42. The van der Waals surface area contributed by atoms with E-state index in [4.69, 9.17) is 9.15 Å². The van der Waals surface area contributed by atoms with Crippen LogP contribution in [0.2, 0.25) is 0 Å². The highest BCUT2D eigenvalue weighted by atomic mass is 16.5. The van der Waals surface area contributed by atoms with Gasteiger partial charge in [0.2, 0.25) is 0 Å². The number of ether oxygens (including phenoxy) is 1. The molecule has 0 aliphatic carbocycles. The van der Waals surface area contributed by atoms with Crippen molar-refractivity contribution in [2.24, 2.45) is 0 Å². The van der Waals surface area contributed by atoms with Gasteiger partial charge in [-0.15, -0.1) is 0 Å². The molecule has 0 saturated heterocycles. The van der Waals surface area contributed by atoms with Crippen LogP contribution in [-0.2, 0) is 0 Å². The molecular formula is C24H21N3O5. The van der Waals surface area contributed by atoms with Gasteiger partial charge in [-0.05, 0) is 55.6 Å². The Morgan fingerprint density at radius 2 is 1.78 bits per heavy atom. The number of anilines is 3. The molecule has 0 bridgehead atoms. The van der Waals surface area contributed by atoms with Crippen molar-refractivity contribution in [3.8, 4) is 28.4 Å². The van der Waals surface area contributed by atoms with Gasteiger partial charge < -0.3 is 24.7 Å². The fourth-order valence-electron chi connectivity index (χ4n) is 3.82. The third-order valence-electron chi connectivity index (χ3n) is 5.31. The second kappa shape index (κ2) is 7.82. The number of nitrogens with one attached hydrogen (secondary N) is 2. The van der Waals surface area contributed by atoms with Crippen LogP contribution in [0.25, 0.3) is 22.1 Å². The topological polar surface area (TPSA) is 107 Å². The van der Waals surface area contributed by atoms with Crippen LogP contribution >= 0.6 is 0 Å². The first-order valence-corrected chi connectivity index (χ1v) is 10.1. The van der Waals surface area contributed by atoms with Crippen molar-refractivity contribution in [3.05, 3.63) is 71.1 Å². The number of benzene rings is 3. The van der Waals surface area contributed by atoms with E-state index in [1.807, 2.05) is 31.3 Å². The van der Waals surface area contributed by atoms with Crippen molar-refractivity contribution in [2.45, 2.75) is 0 Å². The third-order valence-corrected chi connectivity index (χ3v) is 5.31. The van der Waals surface area contributed by atoms with Gasteiger partial charge in [0, 0.05) is 29.6 Å². The molecule has 0 unspecified atom stereocenters. The van der Waals surface area contributed by atoms with E-state index < -0.39 is 5.63 Å². The van der Waals surface area contributed by atoms with Gasteiger partial charge in [-0.1, -0.05) is 0 Å². The van der Waals surface area contributed by atoms with E-state index in [0.29, 0.717) is 34.5 Å². The Labute approximate surface area is 183 Å². The van der Waals surface area contributed by atoms with Crippen LogP contribution in [0.1, 0.15) is 0 Å². The molecule has 2 heterocycles. The number of nitrogens with zero attached hydrogens (tertiary/aromatic N) is 1. The quantitative estimate of drug-likeness (QED) is 0.278. The molecule has 4 aromatic rings. The average molecular weight is 431 g/mol. The Balaban J connectivity index is 1.68. The summed E-state index contributed by atoms with van der Waals surface area (Å²) in [6.45, 7) is 1.28. The maximum atomic E-state index is 13.0. The number of aromatic hydroxyl groups is 2. The summed E-state index contributed by atoms with van der Waals surface area (Å²) in [4.78, 5) is 13.0. The van der Waals surface area contributed by atoms with Gasteiger partial charge in [-0.3, -0.25) is 10.4 Å². The molecule has 0 fully saturated rings. The molecule has 0 saturated carbocycles. The first-order chi connectivity index (χ1) is 15.5. The van der Waals surface area contributed by atoms with Crippen molar-refractivity contribution in [1.82, 2.24) is 5.32 Å². The zero-order valence-corrected chi connectivity index (χ0v) is 17.3. The summed E-state index contributed by atoms with van der Waals surface area (Å²) >= 11 is 0. The number of phenols is 2. The van der Waals surface area contributed by atoms with Crippen LogP contribution < -0.4 is 26.1 Å². The van der Waals surface area contributed by atoms with Crippen molar-refractivity contribution >= 4 is 28.0 Å². The number of fused-ring (bicyclic) bond motifs is 5. The highest BCUT2D eigenvalue weighted by Gasteiger charge is 2.29. The molecule has 32 heavy (non-hydrogen) atoms. The predicted octanol–water partition coefficient (Wildman–Crippen LogP) is 3.95. The molecule has 0 amide bonds. The Morgan fingerprint density at radius 1 is 1.03 bits per heavy atom. The molecule has 162 valence electrons. The number of hydrazine groups is 1. The van der Waals surface area contributed by atoms with Gasteiger partial charge in [0.25, 0.3) is 0 Å². The monoisotopic (exact) mass is 431 g/mol. The van der Waals surface area contributed by atoms with Crippen molar-refractivity contribution in [2.75, 3.05) is 30.6 Å². The van der Waals surface area contributed by atoms with Gasteiger partial charge >= 0.3 is 5.63 Å². The van der Waals surface area contributed by atoms with Gasteiger partial charge in [-0.2, -0.15) is 0 Å². The SMILES string of the molecule is CNCCOc1ccc(N2Nc3cc(O)ccc3-c3c2c2ccc(O)cc2oc3=O)cc1. The van der Waals surface area contributed by atoms with Gasteiger partial charge in [0.1, 0.15) is 29.4 Å². The lowest BCUT2D eigenvalue weighted by Gasteiger charge is -2.34. The van der Waals surface area contributed by atoms with E-state index in [0.717, 1.165) is 18.0 Å². The van der Waals surface area contributed by atoms with Gasteiger partial charge in [-0.25, -0.2) is 4.79 Å². The van der Waals surface area contributed by atoms with E-state index in [1.54, 1.807) is 29.3 Å². The minimum absolute atomic E-state index is 0.00399. The van der Waals surface area contributed by atoms with E-state index in [-0.39, 0.29) is 17.1 Å². The van der Waals surface area contributed by atoms with E-state index >= 15 is 0 Å². The fraction of sp³-hybridized carbons (Fsp3) is 0.125. The molecule has 0 spiro atoms. The summed E-state index contributed by atoms with van der Waals surface area (Å²) in [5.74, 6) is 0.800. The lowest BCUT2D eigenvalue weighted by Crippen LogP contribution is -2.30. The molecule has 8 nitrogen and oxygen atoms in total. The molecule has 0 radical (unpaired) electrons. The normalized spacial score (nSPS) is 12.2. The molecule has 3 aromatic carbocycles. The molecule has 1 aliphatic rings. The summed E-state index contributed by atoms with van der Waals surface area (Å²) in [5, 5.41) is 25.3. The zero-order valence-electron chi connectivity index (χ0n) is 17.3. The van der Waals surface area contributed by atoms with Crippen LogP contribution in [-0.4, -0.2) is 30.4 Å². The summed E-state index contributed by atoms with van der Waals surface area (Å²) in [7, 11) is 1.86. The highest BCUT2D eigenvalue weighted by Crippen LogP contribution is 2.46. The molecule has 8 heteroatoms. The Hall–Kier alpha value is -4.17. The van der Waals surface area contributed by atoms with Crippen molar-refractivity contribution in [1.29, 1.82) is 0 Å². The Bertz CT molecular complexity index is 1360. The first-order valence-electron chi connectivity index (χ1n) is 10.1. The fourth-order valence-corrected chi connectivity index (χ4v) is 3.82. The lowest BCUT2D eigenvalue weighted by molar-refractivity contribution is 0.318. The summed E-state index contributed by atoms with van der Waals surface area (Å²) < 4.78 is 11.2. The van der Waals surface area contributed by atoms with Gasteiger partial charge in [0.15, 0.2) is 0 Å².